The molecule has 0 bridgehead atoms. The molecular formula is C16H28N2OS. The molecule has 1 aromatic rings. The van der Waals surface area contributed by atoms with Crippen molar-refractivity contribution in [1.29, 1.82) is 0 Å². The molecule has 1 atom stereocenters. The summed E-state index contributed by atoms with van der Waals surface area (Å²) < 4.78 is 5.47. The largest absolute Gasteiger partial charge is 0.381 e. The molecular weight excluding hydrogens is 268 g/mol. The molecule has 0 aliphatic carbocycles. The van der Waals surface area contributed by atoms with Gasteiger partial charge in [0.1, 0.15) is 0 Å². The van der Waals surface area contributed by atoms with E-state index in [-0.39, 0.29) is 0 Å². The van der Waals surface area contributed by atoms with Crippen LogP contribution in [0, 0.1) is 11.8 Å². The van der Waals surface area contributed by atoms with Crippen LogP contribution in [0.5, 0.6) is 0 Å². The van der Waals surface area contributed by atoms with Gasteiger partial charge in [-0.15, -0.1) is 11.3 Å². The quantitative estimate of drug-likeness (QED) is 0.746. The van der Waals surface area contributed by atoms with Gasteiger partial charge in [-0.1, -0.05) is 20.8 Å². The number of thiazole rings is 1. The van der Waals surface area contributed by atoms with Gasteiger partial charge in [0.25, 0.3) is 0 Å². The molecule has 2 rings (SSSR count). The number of hydrogen-bond acceptors (Lipinski definition) is 4. The van der Waals surface area contributed by atoms with E-state index in [1.54, 1.807) is 0 Å². The summed E-state index contributed by atoms with van der Waals surface area (Å²) in [6.07, 6.45) is 4.58. The predicted molar refractivity (Wildman–Crippen MR) is 85.3 cm³/mol. The summed E-state index contributed by atoms with van der Waals surface area (Å²) >= 11 is 1.91. The molecule has 114 valence electrons. The minimum atomic E-state index is 0.671. The second kappa shape index (κ2) is 8.11. The van der Waals surface area contributed by atoms with Crippen molar-refractivity contribution in [3.8, 4) is 0 Å². The lowest BCUT2D eigenvalue weighted by Crippen LogP contribution is -2.14. The Morgan fingerprint density at radius 1 is 1.45 bits per heavy atom. The third kappa shape index (κ3) is 4.83. The number of ether oxygens (including phenoxy) is 1. The average molecular weight is 296 g/mol. The molecule has 1 aliphatic rings. The van der Waals surface area contributed by atoms with E-state index >= 15 is 0 Å². The highest BCUT2D eigenvalue weighted by molar-refractivity contribution is 7.11. The zero-order valence-electron chi connectivity index (χ0n) is 13.1. The molecule has 1 fully saturated rings. The van der Waals surface area contributed by atoms with Gasteiger partial charge in [0.2, 0.25) is 0 Å². The molecule has 1 N–H and O–H groups in total. The molecule has 4 heteroatoms. The summed E-state index contributed by atoms with van der Waals surface area (Å²) in [7, 11) is 0. The first kappa shape index (κ1) is 15.9. The monoisotopic (exact) mass is 296 g/mol. The Kier molecular flexibility index (Phi) is 6.46. The number of nitrogens with zero attached hydrogens (tertiary/aromatic N) is 1. The third-order valence-corrected chi connectivity index (χ3v) is 4.74. The van der Waals surface area contributed by atoms with Gasteiger partial charge in [0, 0.05) is 31.1 Å². The molecule has 1 aromatic heterocycles. The topological polar surface area (TPSA) is 34.1 Å². The average Bonchev–Trinajstić information content (AvgIpc) is 3.00. The van der Waals surface area contributed by atoms with Crippen molar-refractivity contribution in [3.63, 3.8) is 0 Å². The molecule has 3 nitrogen and oxygen atoms in total. The molecule has 0 radical (unpaired) electrons. The van der Waals surface area contributed by atoms with E-state index in [1.165, 1.54) is 28.4 Å². The highest BCUT2D eigenvalue weighted by atomic mass is 32.1. The van der Waals surface area contributed by atoms with Crippen molar-refractivity contribution in [3.05, 3.63) is 15.6 Å². The van der Waals surface area contributed by atoms with Gasteiger partial charge in [-0.3, -0.25) is 0 Å². The second-order valence-electron chi connectivity index (χ2n) is 6.19. The van der Waals surface area contributed by atoms with Crippen LogP contribution in [-0.4, -0.2) is 24.7 Å². The standard InChI is InChI=1S/C16H28N2OS/c1-4-6-17-10-15-14(8-12(2)3)18-16(20-15)9-13-5-7-19-11-13/h12-13,17H,4-11H2,1-3H3. The Morgan fingerprint density at radius 3 is 2.95 bits per heavy atom. The predicted octanol–water partition coefficient (Wildman–Crippen LogP) is 3.42. The summed E-state index contributed by atoms with van der Waals surface area (Å²) in [4.78, 5) is 6.36. The number of nitrogens with one attached hydrogen (secondary N) is 1. The van der Waals surface area contributed by atoms with Gasteiger partial charge in [-0.05, 0) is 37.6 Å². The third-order valence-electron chi connectivity index (χ3n) is 3.62. The Labute approximate surface area is 127 Å². The lowest BCUT2D eigenvalue weighted by atomic mass is 10.1. The smallest absolute Gasteiger partial charge is 0.0935 e. The normalized spacial score (nSPS) is 19.1. The number of rotatable bonds is 8. The molecule has 0 saturated carbocycles. The lowest BCUT2D eigenvalue weighted by molar-refractivity contribution is 0.186. The maximum Gasteiger partial charge on any atom is 0.0935 e. The highest BCUT2D eigenvalue weighted by Crippen LogP contribution is 2.26. The Bertz CT molecular complexity index is 397. The van der Waals surface area contributed by atoms with Gasteiger partial charge in [0.05, 0.1) is 10.7 Å². The van der Waals surface area contributed by atoms with Crippen molar-refractivity contribution in [2.75, 3.05) is 19.8 Å². The van der Waals surface area contributed by atoms with E-state index in [4.69, 9.17) is 9.72 Å². The molecule has 0 amide bonds. The van der Waals surface area contributed by atoms with Gasteiger partial charge in [0.15, 0.2) is 0 Å². The van der Waals surface area contributed by atoms with Crippen molar-refractivity contribution in [2.45, 2.75) is 53.0 Å². The molecule has 1 saturated heterocycles. The minimum Gasteiger partial charge on any atom is -0.381 e. The van der Waals surface area contributed by atoms with E-state index in [2.05, 4.69) is 26.1 Å². The van der Waals surface area contributed by atoms with Crippen LogP contribution in [0.1, 0.15) is 49.2 Å². The van der Waals surface area contributed by atoms with E-state index in [0.29, 0.717) is 11.8 Å². The Morgan fingerprint density at radius 2 is 2.30 bits per heavy atom. The van der Waals surface area contributed by atoms with Gasteiger partial charge < -0.3 is 10.1 Å². The summed E-state index contributed by atoms with van der Waals surface area (Å²) in [6.45, 7) is 10.7. The zero-order chi connectivity index (χ0) is 14.4. The van der Waals surface area contributed by atoms with Crippen LogP contribution in [-0.2, 0) is 24.1 Å². The molecule has 0 spiro atoms. The van der Waals surface area contributed by atoms with Crippen LogP contribution in [0.25, 0.3) is 0 Å². The van der Waals surface area contributed by atoms with E-state index < -0.39 is 0 Å². The van der Waals surface area contributed by atoms with Crippen LogP contribution in [0.2, 0.25) is 0 Å². The first-order valence-electron chi connectivity index (χ1n) is 7.95. The van der Waals surface area contributed by atoms with Gasteiger partial charge >= 0.3 is 0 Å². The SMILES string of the molecule is CCCNCc1sc(CC2CCOC2)nc1CC(C)C. The van der Waals surface area contributed by atoms with Crippen LogP contribution in [0.3, 0.4) is 0 Å². The molecule has 20 heavy (non-hydrogen) atoms. The van der Waals surface area contributed by atoms with Crippen LogP contribution >= 0.6 is 11.3 Å². The fourth-order valence-corrected chi connectivity index (χ4v) is 3.76. The number of aromatic nitrogens is 1. The van der Waals surface area contributed by atoms with E-state index in [1.807, 2.05) is 11.3 Å². The Hall–Kier alpha value is -0.450. The maximum atomic E-state index is 5.47. The fraction of sp³-hybridized carbons (Fsp3) is 0.812. The maximum absolute atomic E-state index is 5.47. The molecule has 0 aromatic carbocycles. The van der Waals surface area contributed by atoms with Gasteiger partial charge in [-0.2, -0.15) is 0 Å². The van der Waals surface area contributed by atoms with Crippen molar-refractivity contribution in [2.24, 2.45) is 11.8 Å². The van der Waals surface area contributed by atoms with Crippen LogP contribution < -0.4 is 5.32 Å². The van der Waals surface area contributed by atoms with Crippen molar-refractivity contribution >= 4 is 11.3 Å². The van der Waals surface area contributed by atoms with Crippen LogP contribution in [0.4, 0.5) is 0 Å². The molecule has 1 aliphatic heterocycles. The summed E-state index contributed by atoms with van der Waals surface area (Å²) in [5.74, 6) is 1.36. The van der Waals surface area contributed by atoms with Crippen molar-refractivity contribution in [1.82, 2.24) is 10.3 Å². The van der Waals surface area contributed by atoms with E-state index in [9.17, 15) is 0 Å². The van der Waals surface area contributed by atoms with E-state index in [0.717, 1.165) is 39.1 Å². The first-order chi connectivity index (χ1) is 9.69. The zero-order valence-corrected chi connectivity index (χ0v) is 13.9. The van der Waals surface area contributed by atoms with Crippen molar-refractivity contribution < 1.29 is 4.74 Å². The summed E-state index contributed by atoms with van der Waals surface area (Å²) in [5, 5.41) is 4.83. The highest BCUT2D eigenvalue weighted by Gasteiger charge is 2.19. The fourth-order valence-electron chi connectivity index (χ4n) is 2.58. The Balaban J connectivity index is 2.00. The van der Waals surface area contributed by atoms with Gasteiger partial charge in [-0.25, -0.2) is 4.98 Å². The summed E-state index contributed by atoms with van der Waals surface area (Å²) in [6, 6.07) is 0. The minimum absolute atomic E-state index is 0.671. The number of hydrogen-bond donors (Lipinski definition) is 1. The molecule has 1 unspecified atom stereocenters. The van der Waals surface area contributed by atoms with Crippen LogP contribution in [0.15, 0.2) is 0 Å². The molecule has 2 heterocycles. The summed E-state index contributed by atoms with van der Waals surface area (Å²) in [5.41, 5.74) is 1.32. The lowest BCUT2D eigenvalue weighted by Gasteiger charge is -2.05. The second-order valence-corrected chi connectivity index (χ2v) is 7.35. The first-order valence-corrected chi connectivity index (χ1v) is 8.76.